The summed E-state index contributed by atoms with van der Waals surface area (Å²) in [5, 5.41) is 12.1. The highest BCUT2D eigenvalue weighted by molar-refractivity contribution is 5.86. The highest BCUT2D eigenvalue weighted by Gasteiger charge is 2.21. The molecular formula is C16H22N4O4. The van der Waals surface area contributed by atoms with Gasteiger partial charge in [0.2, 0.25) is 5.91 Å². The van der Waals surface area contributed by atoms with Crippen LogP contribution in [-0.4, -0.2) is 49.7 Å². The Hall–Kier alpha value is -2.64. The van der Waals surface area contributed by atoms with Crippen molar-refractivity contribution >= 4 is 22.9 Å². The maximum Gasteiger partial charge on any atom is 0.323 e. The van der Waals surface area contributed by atoms with E-state index in [-0.39, 0.29) is 24.4 Å². The van der Waals surface area contributed by atoms with Gasteiger partial charge in [-0.1, -0.05) is 6.92 Å². The molecule has 0 saturated carbocycles. The molecule has 0 atom stereocenters. The molecule has 2 rings (SSSR count). The number of H-pyrrole nitrogens is 1. The zero-order valence-corrected chi connectivity index (χ0v) is 14.3. The molecule has 0 aliphatic heterocycles. The molecule has 1 amide bonds. The smallest absolute Gasteiger partial charge is 0.323 e. The molecule has 24 heavy (non-hydrogen) atoms. The van der Waals surface area contributed by atoms with Crippen LogP contribution in [0.15, 0.2) is 4.79 Å². The number of fused-ring (bicyclic) bond motifs is 1. The third-order valence-corrected chi connectivity index (χ3v) is 4.08. The van der Waals surface area contributed by atoms with Crippen molar-refractivity contribution in [3.63, 3.8) is 0 Å². The summed E-state index contributed by atoms with van der Waals surface area (Å²) in [5.41, 5.74) is 2.34. The lowest BCUT2D eigenvalue weighted by Crippen LogP contribution is -2.37. The van der Waals surface area contributed by atoms with Crippen molar-refractivity contribution in [3.05, 3.63) is 27.2 Å². The summed E-state index contributed by atoms with van der Waals surface area (Å²) in [5.74, 6) is -1.32. The molecule has 0 aliphatic rings. The topological polar surface area (TPSA) is 108 Å². The molecular weight excluding hydrogens is 312 g/mol. The fraction of sp³-hybridized carbons (Fsp3) is 0.500. The molecule has 0 bridgehead atoms. The Bertz CT molecular complexity index is 850. The Morgan fingerprint density at radius 2 is 2.00 bits per heavy atom. The monoisotopic (exact) mass is 334 g/mol. The van der Waals surface area contributed by atoms with Gasteiger partial charge in [0.15, 0.2) is 5.65 Å². The minimum absolute atomic E-state index is 0.0300. The predicted octanol–water partition coefficient (Wildman–Crippen LogP) is 0.744. The molecule has 0 radical (unpaired) electrons. The first-order valence-electron chi connectivity index (χ1n) is 7.80. The molecule has 0 fully saturated rings. The van der Waals surface area contributed by atoms with Crippen LogP contribution in [0.3, 0.4) is 0 Å². The van der Waals surface area contributed by atoms with Crippen LogP contribution in [0.2, 0.25) is 0 Å². The minimum Gasteiger partial charge on any atom is -0.480 e. The second kappa shape index (κ2) is 6.86. The van der Waals surface area contributed by atoms with E-state index in [1.165, 1.54) is 4.90 Å². The number of carbonyl (C=O) groups is 2. The Balaban J connectivity index is 2.41. The predicted molar refractivity (Wildman–Crippen MR) is 89.0 cm³/mol. The van der Waals surface area contributed by atoms with Crippen LogP contribution in [0.25, 0.3) is 11.0 Å². The van der Waals surface area contributed by atoms with Crippen molar-refractivity contribution in [3.8, 4) is 0 Å². The number of hydrogen-bond donors (Lipinski definition) is 2. The van der Waals surface area contributed by atoms with E-state index in [2.05, 4.69) is 10.1 Å². The number of hydrogen-bond acceptors (Lipinski definition) is 4. The summed E-state index contributed by atoms with van der Waals surface area (Å²) in [6.07, 6.45) is 0.703. The number of nitrogens with zero attached hydrogens (tertiary/aromatic N) is 3. The van der Waals surface area contributed by atoms with E-state index < -0.39 is 5.97 Å². The summed E-state index contributed by atoms with van der Waals surface area (Å²) in [4.78, 5) is 41.3. The van der Waals surface area contributed by atoms with Gasteiger partial charge in [0.1, 0.15) is 6.54 Å². The normalized spacial score (nSPS) is 11.0. The number of aromatic nitrogens is 3. The molecule has 2 aromatic heterocycles. The Morgan fingerprint density at radius 3 is 2.58 bits per heavy atom. The lowest BCUT2D eigenvalue weighted by atomic mass is 10.0. The number of aromatic amines is 1. The van der Waals surface area contributed by atoms with Crippen molar-refractivity contribution in [2.24, 2.45) is 7.05 Å². The number of carboxylic acid groups (broad SMARTS) is 1. The summed E-state index contributed by atoms with van der Waals surface area (Å²) >= 11 is 0. The molecule has 2 N–H and O–H groups in total. The highest BCUT2D eigenvalue weighted by Crippen LogP contribution is 2.20. The van der Waals surface area contributed by atoms with Crippen molar-refractivity contribution in [2.45, 2.75) is 33.6 Å². The van der Waals surface area contributed by atoms with E-state index in [9.17, 15) is 14.4 Å². The summed E-state index contributed by atoms with van der Waals surface area (Å²) in [7, 11) is 1.70. The maximum atomic E-state index is 12.5. The molecule has 130 valence electrons. The molecule has 0 spiro atoms. The number of pyridine rings is 1. The molecule has 2 heterocycles. The molecule has 8 heteroatoms. The highest BCUT2D eigenvalue weighted by atomic mass is 16.4. The molecule has 2 aromatic rings. The lowest BCUT2D eigenvalue weighted by molar-refractivity contribution is -0.144. The van der Waals surface area contributed by atoms with Gasteiger partial charge in [-0.15, -0.1) is 0 Å². The second-order valence-electron chi connectivity index (χ2n) is 5.89. The molecule has 0 saturated heterocycles. The maximum absolute atomic E-state index is 12.5. The SMILES string of the molecule is CCCN(CC(=O)O)C(=O)Cc1c(C)nc2c(c1C)c(=O)[nH]n2C. The first-order chi connectivity index (χ1) is 11.3. The average molecular weight is 334 g/mol. The number of nitrogens with one attached hydrogen (secondary N) is 1. The Morgan fingerprint density at radius 1 is 1.33 bits per heavy atom. The van der Waals surface area contributed by atoms with Gasteiger partial charge in [-0.3, -0.25) is 24.2 Å². The van der Waals surface area contributed by atoms with Gasteiger partial charge in [0.05, 0.1) is 11.8 Å². The standard InChI is InChI=1S/C16H22N4O4/c1-5-6-20(8-13(22)23)12(21)7-11-9(2)14-15(17-10(11)3)19(4)18-16(14)24/h5-8H2,1-4H3,(H,18,24)(H,22,23). The first-order valence-corrected chi connectivity index (χ1v) is 7.80. The second-order valence-corrected chi connectivity index (χ2v) is 5.89. The average Bonchev–Trinajstić information content (AvgIpc) is 2.76. The number of amides is 1. The zero-order chi connectivity index (χ0) is 18.0. The van der Waals surface area contributed by atoms with Gasteiger partial charge in [-0.25, -0.2) is 4.98 Å². The van der Waals surface area contributed by atoms with Gasteiger partial charge in [0, 0.05) is 19.3 Å². The fourth-order valence-electron chi connectivity index (χ4n) is 2.90. The minimum atomic E-state index is -1.04. The largest absolute Gasteiger partial charge is 0.480 e. The van der Waals surface area contributed by atoms with E-state index >= 15 is 0 Å². The Kier molecular flexibility index (Phi) is 5.06. The van der Waals surface area contributed by atoms with Crippen molar-refractivity contribution in [1.82, 2.24) is 19.7 Å². The van der Waals surface area contributed by atoms with E-state index in [4.69, 9.17) is 5.11 Å². The van der Waals surface area contributed by atoms with Crippen LogP contribution in [0.5, 0.6) is 0 Å². The first kappa shape index (κ1) is 17.7. The van der Waals surface area contributed by atoms with Crippen LogP contribution in [0.1, 0.15) is 30.2 Å². The molecule has 0 aliphatic carbocycles. The van der Waals surface area contributed by atoms with Crippen LogP contribution in [-0.2, 0) is 23.1 Å². The van der Waals surface area contributed by atoms with Crippen molar-refractivity contribution in [1.29, 1.82) is 0 Å². The van der Waals surface area contributed by atoms with E-state index in [1.54, 1.807) is 25.6 Å². The van der Waals surface area contributed by atoms with Crippen LogP contribution in [0, 0.1) is 13.8 Å². The number of carbonyl (C=O) groups excluding carboxylic acids is 1. The van der Waals surface area contributed by atoms with Crippen LogP contribution >= 0.6 is 0 Å². The van der Waals surface area contributed by atoms with Crippen LogP contribution in [0.4, 0.5) is 0 Å². The van der Waals surface area contributed by atoms with Crippen LogP contribution < -0.4 is 5.56 Å². The number of aliphatic carboxylic acids is 1. The van der Waals surface area contributed by atoms with Gasteiger partial charge in [0.25, 0.3) is 5.56 Å². The fourth-order valence-corrected chi connectivity index (χ4v) is 2.90. The summed E-state index contributed by atoms with van der Waals surface area (Å²) in [6.45, 7) is 5.51. The molecule has 0 unspecified atom stereocenters. The van der Waals surface area contributed by atoms with Gasteiger partial charge in [-0.05, 0) is 31.4 Å². The van der Waals surface area contributed by atoms with Crippen molar-refractivity contribution in [2.75, 3.05) is 13.1 Å². The Labute approximate surface area is 139 Å². The van der Waals surface area contributed by atoms with E-state index in [1.807, 2.05) is 6.92 Å². The van der Waals surface area contributed by atoms with E-state index in [0.29, 0.717) is 40.8 Å². The zero-order valence-electron chi connectivity index (χ0n) is 14.3. The van der Waals surface area contributed by atoms with Crippen molar-refractivity contribution < 1.29 is 14.7 Å². The number of rotatable bonds is 6. The van der Waals surface area contributed by atoms with Gasteiger partial charge >= 0.3 is 5.97 Å². The molecule has 8 nitrogen and oxygen atoms in total. The third kappa shape index (κ3) is 3.32. The van der Waals surface area contributed by atoms with Gasteiger partial charge in [-0.2, -0.15) is 0 Å². The molecule has 0 aromatic carbocycles. The lowest BCUT2D eigenvalue weighted by Gasteiger charge is -2.21. The van der Waals surface area contributed by atoms with Gasteiger partial charge < -0.3 is 10.0 Å². The quantitative estimate of drug-likeness (QED) is 0.810. The number of aryl methyl sites for hydroxylation is 3. The van der Waals surface area contributed by atoms with E-state index in [0.717, 1.165) is 0 Å². The third-order valence-electron chi connectivity index (χ3n) is 4.08. The summed E-state index contributed by atoms with van der Waals surface area (Å²) < 4.78 is 1.55. The number of carboxylic acids is 1. The summed E-state index contributed by atoms with van der Waals surface area (Å²) in [6, 6.07) is 0.